The number of Topliss-reactive ketones (excluding diaryl/α,β-unsaturated/α-hetero) is 1. The van der Waals surface area contributed by atoms with Crippen LogP contribution >= 0.6 is 0 Å². The van der Waals surface area contributed by atoms with Crippen LogP contribution < -0.4 is 96.2 Å². The summed E-state index contributed by atoms with van der Waals surface area (Å²) in [7, 11) is 0. The van der Waals surface area contributed by atoms with Crippen molar-refractivity contribution in [3.63, 3.8) is 0 Å². The van der Waals surface area contributed by atoms with Gasteiger partial charge < -0.3 is 294 Å². The summed E-state index contributed by atoms with van der Waals surface area (Å²) in [4.78, 5) is 12.6. The van der Waals surface area contributed by atoms with Gasteiger partial charge in [-0.15, -0.1) is 0 Å². The maximum atomic E-state index is 12.6. The molecule has 58 nitrogen and oxygen atoms in total. The van der Waals surface area contributed by atoms with Gasteiger partial charge in [0.2, 0.25) is 0 Å². The lowest BCUT2D eigenvalue weighted by Crippen LogP contribution is -2.64. The summed E-state index contributed by atoms with van der Waals surface area (Å²) in [6.07, 6.45) is -44.3. The van der Waals surface area contributed by atoms with Crippen molar-refractivity contribution in [1.29, 1.82) is 0 Å². The van der Waals surface area contributed by atoms with Gasteiger partial charge in [-0.05, 0) is 94.8 Å². The van der Waals surface area contributed by atoms with Crippen LogP contribution in [-0.2, 0) is 90.1 Å². The molecule has 0 aromatic rings. The number of aliphatic hydroxyl groups is 22. The summed E-state index contributed by atoms with van der Waals surface area (Å²) >= 11 is 0. The largest absolute Gasteiger partial charge is 0.396 e. The Bertz CT molecular complexity index is 3620. The Morgan fingerprint density at radius 3 is 0.897 bits per heavy atom. The quantitative estimate of drug-likeness (QED) is 0.0252. The molecule has 9 heterocycles. The van der Waals surface area contributed by atoms with E-state index in [4.69, 9.17) is 181 Å². The lowest BCUT2D eigenvalue weighted by atomic mass is 9.75. The van der Waals surface area contributed by atoms with E-state index in [1.807, 2.05) is 0 Å². The highest BCUT2D eigenvalue weighted by atomic mass is 16.8. The van der Waals surface area contributed by atoms with Crippen LogP contribution in [-0.4, -0.2) is 549 Å². The summed E-state index contributed by atoms with van der Waals surface area (Å²) in [5, 5.41) is 237. The van der Waals surface area contributed by atoms with E-state index in [0.29, 0.717) is 97.1 Å². The first-order valence-electron chi connectivity index (χ1n) is 50.4. The van der Waals surface area contributed by atoms with Gasteiger partial charge in [-0.3, -0.25) is 4.79 Å². The molecular weight excluding hydrogens is 1940 g/mol. The smallest absolute Gasteiger partial charge is 0.187 e. The third-order valence-electron chi connectivity index (χ3n) is 29.2. The summed E-state index contributed by atoms with van der Waals surface area (Å²) < 4.78 is 108. The molecule has 12 rings (SSSR count). The first-order chi connectivity index (χ1) is 69.2. The zero-order valence-electron chi connectivity index (χ0n) is 81.5. The van der Waals surface area contributed by atoms with Crippen molar-refractivity contribution in [2.45, 2.75) is 390 Å². The predicted octanol–water partition coefficient (Wildman–Crippen LogP) is -21.4. The first-order valence-corrected chi connectivity index (χ1v) is 50.4. The number of rotatable bonds is 48. The lowest BCUT2D eigenvalue weighted by molar-refractivity contribution is -0.293. The van der Waals surface area contributed by atoms with Gasteiger partial charge in [-0.1, -0.05) is 0 Å². The molecule has 9 saturated heterocycles. The molecule has 53 atom stereocenters. The highest BCUT2D eigenvalue weighted by Crippen LogP contribution is 2.44. The second-order valence-corrected chi connectivity index (χ2v) is 39.8. The number of hydrogen-bond acceptors (Lipinski definition) is 58. The Hall–Kier alpha value is -2.61. The van der Waals surface area contributed by atoms with Gasteiger partial charge in [-0.25, -0.2) is 0 Å². The fraction of sp³-hybridized carbons (Fsp3) is 0.989. The minimum Gasteiger partial charge on any atom is -0.396 e. The molecule has 58 heteroatoms. The molecule has 12 fully saturated rings. The zero-order chi connectivity index (χ0) is 106. The number of ketones is 1. The molecule has 0 aromatic carbocycles. The van der Waals surface area contributed by atoms with Gasteiger partial charge in [0.1, 0.15) is 153 Å². The van der Waals surface area contributed by atoms with Crippen LogP contribution in [0.1, 0.15) is 83.5 Å². The Balaban J connectivity index is 0.000000223. The molecule has 9 aliphatic heterocycles. The van der Waals surface area contributed by atoms with Gasteiger partial charge in [0.05, 0.1) is 119 Å². The number of ether oxygens (including phenoxy) is 18. The van der Waals surface area contributed by atoms with Gasteiger partial charge in [0, 0.05) is 116 Å². The van der Waals surface area contributed by atoms with Crippen molar-refractivity contribution < 1.29 is 202 Å². The molecule has 2 unspecified atom stereocenters. The SMILES string of the molecule is NCC(O)C(=O)C[C@@H]1C[C@H](N)[C@@H](O[C@H]2O[C@H](CNCCO)CC[C@H]2N)[C@H](O[C@@H]2O[C@H](CO)[C@@H](O[C@H]3O[C@@H](CN)[C@@H](O)[C@H](O)[C@H]3N)[C@H]2O)[C@H]1O.NCC(O)CC[C@@H]1C[C@H](N)[C@@H](O[C@H]2O[C@H](CNCCO)CC[C@H]2N)[C@H](O[C@@H]2O[C@H](CO)[C@@H](O[C@H]3O[C@@H](CN)[C@@H](O)[C@H](O)[C@H]3N)[C@H]2O)[C@H]1O.NC[C@@H]1O[C@H](O[C@H]2[C@@H](O)[C@H](O[C@@H]3[C@@H](O)[C@H](CC(CO)CO)C[C@H](N)[C@H]3O[C@H]3O[C@H](CNCCO)CC[C@H]3N)O[C@@H]2CO)[C@H](N)[C@@H](O)[C@@H]1O. The van der Waals surface area contributed by atoms with Crippen molar-refractivity contribution in [2.75, 3.05) is 125 Å². The number of hydrogen-bond donors (Lipinski definition) is 39. The van der Waals surface area contributed by atoms with Gasteiger partial charge in [0.25, 0.3) is 0 Å². The van der Waals surface area contributed by atoms with Crippen LogP contribution in [0.3, 0.4) is 0 Å². The summed E-state index contributed by atoms with van der Waals surface area (Å²) in [6.45, 7) is -0.935. The van der Waals surface area contributed by atoms with E-state index in [-0.39, 0.29) is 110 Å². The minimum atomic E-state index is -1.63. The van der Waals surface area contributed by atoms with Crippen LogP contribution in [0.25, 0.3) is 0 Å². The molecule has 0 spiro atoms. The van der Waals surface area contributed by atoms with Gasteiger partial charge >= 0.3 is 0 Å². The maximum absolute atomic E-state index is 12.6. The second-order valence-electron chi connectivity index (χ2n) is 39.8. The normalized spacial score (nSPS) is 45.7. The van der Waals surface area contributed by atoms with E-state index in [2.05, 4.69) is 16.0 Å². The van der Waals surface area contributed by atoms with E-state index in [0.717, 1.165) is 0 Å². The molecule has 0 amide bonds. The summed E-state index contributed by atoms with van der Waals surface area (Å²) in [6, 6.07) is -7.66. The molecule has 3 saturated carbocycles. The van der Waals surface area contributed by atoms with E-state index < -0.39 is 337 Å². The topological polar surface area (TPSA) is 1030 Å². The zero-order valence-corrected chi connectivity index (χ0v) is 81.5. The Labute approximate surface area is 839 Å². The Kier molecular flexibility index (Phi) is 51.5. The molecule has 0 bridgehead atoms. The van der Waals surface area contributed by atoms with E-state index in [1.165, 1.54) is 0 Å². The van der Waals surface area contributed by atoms with Crippen molar-refractivity contribution in [3.8, 4) is 0 Å². The maximum Gasteiger partial charge on any atom is 0.187 e. The van der Waals surface area contributed by atoms with E-state index in [1.54, 1.807) is 0 Å². The summed E-state index contributed by atoms with van der Waals surface area (Å²) in [5.41, 5.74) is 85.1. The van der Waals surface area contributed by atoms with Crippen molar-refractivity contribution in [3.05, 3.63) is 0 Å². The average molecular weight is 2110 g/mol. The number of nitrogens with one attached hydrogen (secondary N) is 3. The monoisotopic (exact) mass is 2110 g/mol. The Morgan fingerprint density at radius 1 is 0.310 bits per heavy atom. The molecule has 850 valence electrons. The number of carbonyl (C=O) groups is 1. The second kappa shape index (κ2) is 60.1. The molecule has 0 aromatic heterocycles. The predicted molar refractivity (Wildman–Crippen MR) is 497 cm³/mol. The third kappa shape index (κ3) is 32.1. The summed E-state index contributed by atoms with van der Waals surface area (Å²) in [5.74, 6) is -2.96. The number of nitrogens with two attached hydrogens (primary N) is 14. The van der Waals surface area contributed by atoms with Crippen molar-refractivity contribution in [1.82, 2.24) is 16.0 Å². The van der Waals surface area contributed by atoms with Crippen LogP contribution in [0.2, 0.25) is 0 Å². The third-order valence-corrected chi connectivity index (χ3v) is 29.2. The molecule has 12 aliphatic rings. The standard InChI is InChI=1S/C29H56N6O14.C29H58N6O13.C29H57N5O14/c30-7-16(39)15(38)6-11-5-14(33)24(47-27-13(32)2-1-12(44-27)9-35-3-4-36)26(20(11)40)49-29-23(43)25(18(10-37)46-29)48-28-19(34)22(42)21(41)17(8-31)45-28;30-8-13(38)2-1-12-7-16(33)24(46-27-15(32)4-3-14(43-27)10-35-5-6-36)26(20(12)39)48-29-23(42)25(18(11-37)45-29)47-28-19(34)22(41)21(40)17(9-31)44-28;30-7-17-21(40)22(41)19(33)28(44-17)47-25-18(11-38)45-29(23(25)42)48-26-20(39)13(5-12(9-36)10-37)6-16(32)24(26)46-27-15(31)2-1-14(43-27)8-34-3-4-35/h11-14,16-29,35-37,39-43H,1-10,30-34H2;12-29,35-42H,1-11,30-34H2;12-29,34-42H,1-11,30-33H2/t11-,12-,13+,14-,16?,17-,18+,19+,20-,21+,22+,23+,24+,25+,26+,27+,28+,29-;12-,13?,14+,15-,16+,17+,18-,19-,20+,21-,22-,23-,24-,25-,26-,27-,28-,29+;13-,14+,15-,16+,17+,18-,19-,20+,21-,22-,23-,24-,25-,26-,27-,28-,29+/m011/s1. The fourth-order valence-electron chi connectivity index (χ4n) is 20.5. The van der Waals surface area contributed by atoms with E-state index in [9.17, 15) is 102 Å². The fourth-order valence-corrected chi connectivity index (χ4v) is 20.5. The van der Waals surface area contributed by atoms with E-state index >= 15 is 0 Å². The first kappa shape index (κ1) is 124. The van der Waals surface area contributed by atoms with Gasteiger partial charge in [0.15, 0.2) is 62.4 Å². The van der Waals surface area contributed by atoms with Crippen molar-refractivity contribution >= 4 is 5.78 Å². The lowest BCUT2D eigenvalue weighted by Gasteiger charge is -2.47. The van der Waals surface area contributed by atoms with Crippen LogP contribution in [0.4, 0.5) is 0 Å². The Morgan fingerprint density at radius 2 is 0.600 bits per heavy atom. The van der Waals surface area contributed by atoms with Crippen LogP contribution in [0.5, 0.6) is 0 Å². The minimum absolute atomic E-state index is 0.0264. The van der Waals surface area contributed by atoms with Crippen molar-refractivity contribution in [2.24, 2.45) is 104 Å². The average Bonchev–Trinajstić information content (AvgIpc) is 1.62. The molecule has 145 heavy (non-hydrogen) atoms. The highest BCUT2D eigenvalue weighted by molar-refractivity contribution is 5.83. The number of aliphatic hydroxyl groups excluding tert-OH is 22. The number of carbonyl (C=O) groups excluding carboxylic acids is 1. The van der Waals surface area contributed by atoms with Crippen LogP contribution in [0, 0.1) is 23.7 Å². The van der Waals surface area contributed by atoms with Gasteiger partial charge in [-0.2, -0.15) is 0 Å². The molecule has 53 N–H and O–H groups in total. The molecular formula is C87H171N17O41. The van der Waals surface area contributed by atoms with Crippen LogP contribution in [0.15, 0.2) is 0 Å². The highest BCUT2D eigenvalue weighted by Gasteiger charge is 2.60. The molecule has 0 radical (unpaired) electrons. The molecule has 3 aliphatic carbocycles.